The molecule has 0 saturated heterocycles. The Kier molecular flexibility index (Phi) is 6.70. The van der Waals surface area contributed by atoms with Crippen molar-refractivity contribution in [2.45, 2.75) is 39.8 Å². The zero-order valence-electron chi connectivity index (χ0n) is 19.5. The fourth-order valence-corrected chi connectivity index (χ4v) is 4.10. The zero-order valence-corrected chi connectivity index (χ0v) is 20.3. The first-order valence-corrected chi connectivity index (χ1v) is 11.4. The maximum Gasteiger partial charge on any atom is 0.276 e. The SMILES string of the molecule is CCc1nc2c(c(OC(C)C)c(C(=O)Nc3cccnc3)n2C)c(=O)n1Cc1cccc(Cl)c1. The summed E-state index contributed by atoms with van der Waals surface area (Å²) < 4.78 is 9.27. The fraction of sp³-hybridized carbons (Fsp3) is 0.280. The van der Waals surface area contributed by atoms with Gasteiger partial charge in [-0.25, -0.2) is 4.98 Å². The number of aromatic nitrogens is 4. The van der Waals surface area contributed by atoms with E-state index in [-0.39, 0.29) is 28.5 Å². The van der Waals surface area contributed by atoms with Crippen LogP contribution in [0.25, 0.3) is 11.0 Å². The first-order valence-electron chi connectivity index (χ1n) is 11.0. The lowest BCUT2D eigenvalue weighted by Gasteiger charge is -2.13. The van der Waals surface area contributed by atoms with Crippen LogP contribution >= 0.6 is 11.6 Å². The number of nitrogens with zero attached hydrogens (tertiary/aromatic N) is 4. The number of benzene rings is 1. The second-order valence-corrected chi connectivity index (χ2v) is 8.64. The molecule has 0 unspecified atom stereocenters. The van der Waals surface area contributed by atoms with Crippen LogP contribution in [0.15, 0.2) is 53.6 Å². The number of anilines is 1. The Bertz CT molecular complexity index is 1410. The number of hydrogen-bond donors (Lipinski definition) is 1. The average molecular weight is 480 g/mol. The molecule has 176 valence electrons. The number of amides is 1. The van der Waals surface area contributed by atoms with Crippen molar-refractivity contribution in [2.75, 3.05) is 5.32 Å². The highest BCUT2D eigenvalue weighted by Crippen LogP contribution is 2.31. The Labute approximate surface area is 202 Å². The van der Waals surface area contributed by atoms with Crippen LogP contribution in [0.3, 0.4) is 0 Å². The Morgan fingerprint density at radius 2 is 2.03 bits per heavy atom. The van der Waals surface area contributed by atoms with Crippen molar-refractivity contribution in [2.24, 2.45) is 7.05 Å². The molecule has 8 nitrogen and oxygen atoms in total. The Balaban J connectivity index is 1.91. The van der Waals surface area contributed by atoms with E-state index in [9.17, 15) is 9.59 Å². The van der Waals surface area contributed by atoms with Gasteiger partial charge in [-0.05, 0) is 43.7 Å². The number of ether oxygens (including phenoxy) is 1. The summed E-state index contributed by atoms with van der Waals surface area (Å²) in [6.07, 6.45) is 3.45. The van der Waals surface area contributed by atoms with Crippen LogP contribution in [0.5, 0.6) is 5.75 Å². The number of carbonyl (C=O) groups is 1. The van der Waals surface area contributed by atoms with Gasteiger partial charge in [-0.3, -0.25) is 19.1 Å². The molecule has 0 aliphatic rings. The molecule has 0 fully saturated rings. The van der Waals surface area contributed by atoms with Gasteiger partial charge in [0.05, 0.1) is 24.5 Å². The lowest BCUT2D eigenvalue weighted by atomic mass is 10.2. The molecule has 4 aromatic rings. The number of rotatable bonds is 7. The summed E-state index contributed by atoms with van der Waals surface area (Å²) in [5, 5.41) is 3.69. The van der Waals surface area contributed by atoms with E-state index in [1.165, 1.54) is 0 Å². The van der Waals surface area contributed by atoms with Crippen LogP contribution in [0.4, 0.5) is 5.69 Å². The standard InChI is InChI=1S/C25H26ClN5O3/c1-5-19-29-23-20(25(33)31(19)14-16-8-6-9-17(26)12-16)22(34-15(2)3)21(30(23)4)24(32)28-18-10-7-11-27-13-18/h6-13,15H,5,14H2,1-4H3,(H,28,32). The van der Waals surface area contributed by atoms with Crippen molar-refractivity contribution in [1.82, 2.24) is 19.1 Å². The second-order valence-electron chi connectivity index (χ2n) is 8.20. The summed E-state index contributed by atoms with van der Waals surface area (Å²) in [5.41, 5.74) is 1.76. The predicted molar refractivity (Wildman–Crippen MR) is 133 cm³/mol. The van der Waals surface area contributed by atoms with Crippen LogP contribution < -0.4 is 15.6 Å². The number of carbonyl (C=O) groups excluding carboxylic acids is 1. The first-order chi connectivity index (χ1) is 16.3. The van der Waals surface area contributed by atoms with E-state index in [0.29, 0.717) is 35.1 Å². The summed E-state index contributed by atoms with van der Waals surface area (Å²) in [7, 11) is 1.71. The van der Waals surface area contributed by atoms with Gasteiger partial charge in [0.15, 0.2) is 17.1 Å². The van der Waals surface area contributed by atoms with E-state index in [1.807, 2.05) is 39.0 Å². The lowest BCUT2D eigenvalue weighted by Crippen LogP contribution is -2.26. The molecule has 3 aromatic heterocycles. The van der Waals surface area contributed by atoms with E-state index < -0.39 is 5.91 Å². The van der Waals surface area contributed by atoms with E-state index in [0.717, 1.165) is 5.56 Å². The third-order valence-electron chi connectivity index (χ3n) is 5.36. The van der Waals surface area contributed by atoms with Crippen molar-refractivity contribution in [1.29, 1.82) is 0 Å². The number of aryl methyl sites for hydroxylation is 2. The Hall–Kier alpha value is -3.65. The van der Waals surface area contributed by atoms with Crippen molar-refractivity contribution in [3.05, 3.63) is 81.3 Å². The second kappa shape index (κ2) is 9.69. The quantitative estimate of drug-likeness (QED) is 0.423. The Morgan fingerprint density at radius 1 is 1.24 bits per heavy atom. The maximum absolute atomic E-state index is 13.8. The topological polar surface area (TPSA) is 91.0 Å². The van der Waals surface area contributed by atoms with Crippen molar-refractivity contribution in [3.8, 4) is 5.75 Å². The summed E-state index contributed by atoms with van der Waals surface area (Å²) in [6.45, 7) is 5.94. The van der Waals surface area contributed by atoms with Crippen LogP contribution in [-0.2, 0) is 20.0 Å². The Morgan fingerprint density at radius 3 is 2.68 bits per heavy atom. The van der Waals surface area contributed by atoms with Gasteiger partial charge >= 0.3 is 0 Å². The monoisotopic (exact) mass is 479 g/mol. The third kappa shape index (κ3) is 4.54. The maximum atomic E-state index is 13.8. The summed E-state index contributed by atoms with van der Waals surface area (Å²) in [6, 6.07) is 10.8. The molecule has 0 bridgehead atoms. The minimum atomic E-state index is -0.414. The van der Waals surface area contributed by atoms with Gasteiger partial charge in [0.25, 0.3) is 11.5 Å². The lowest BCUT2D eigenvalue weighted by molar-refractivity contribution is 0.101. The molecule has 3 heterocycles. The first kappa shape index (κ1) is 23.5. The molecule has 1 amide bonds. The molecule has 34 heavy (non-hydrogen) atoms. The molecule has 1 N–H and O–H groups in total. The van der Waals surface area contributed by atoms with Gasteiger partial charge in [-0.15, -0.1) is 0 Å². The van der Waals surface area contributed by atoms with Crippen LogP contribution in [0, 0.1) is 0 Å². The molecule has 0 aliphatic carbocycles. The summed E-state index contributed by atoms with van der Waals surface area (Å²) in [5.74, 6) is 0.408. The van der Waals surface area contributed by atoms with Gasteiger partial charge in [-0.1, -0.05) is 30.7 Å². The normalized spacial score (nSPS) is 11.2. The number of hydrogen-bond acceptors (Lipinski definition) is 5. The highest BCUT2D eigenvalue weighted by Gasteiger charge is 2.28. The molecular formula is C25H26ClN5O3. The molecule has 0 saturated carbocycles. The number of halogens is 1. The minimum Gasteiger partial charge on any atom is -0.488 e. The highest BCUT2D eigenvalue weighted by atomic mass is 35.5. The number of nitrogens with one attached hydrogen (secondary N) is 1. The number of pyridine rings is 1. The van der Waals surface area contributed by atoms with Gasteiger partial charge in [0.2, 0.25) is 0 Å². The van der Waals surface area contributed by atoms with Gasteiger partial charge in [0, 0.05) is 24.7 Å². The van der Waals surface area contributed by atoms with E-state index in [4.69, 9.17) is 21.3 Å². The largest absolute Gasteiger partial charge is 0.488 e. The highest BCUT2D eigenvalue weighted by molar-refractivity contribution is 6.30. The zero-order chi connectivity index (χ0) is 24.4. The van der Waals surface area contributed by atoms with Gasteiger partial charge in [0.1, 0.15) is 11.2 Å². The van der Waals surface area contributed by atoms with Gasteiger partial charge < -0.3 is 14.6 Å². The van der Waals surface area contributed by atoms with E-state index >= 15 is 0 Å². The van der Waals surface area contributed by atoms with Crippen LogP contribution in [0.2, 0.25) is 5.02 Å². The molecule has 0 spiro atoms. The van der Waals surface area contributed by atoms with E-state index in [2.05, 4.69) is 10.3 Å². The molecular weight excluding hydrogens is 454 g/mol. The molecule has 0 atom stereocenters. The number of fused-ring (bicyclic) bond motifs is 1. The van der Waals surface area contributed by atoms with Crippen LogP contribution in [0.1, 0.15) is 42.6 Å². The fourth-order valence-electron chi connectivity index (χ4n) is 3.89. The molecule has 0 radical (unpaired) electrons. The molecule has 1 aromatic carbocycles. The summed E-state index contributed by atoms with van der Waals surface area (Å²) >= 11 is 6.15. The third-order valence-corrected chi connectivity index (χ3v) is 5.59. The van der Waals surface area contributed by atoms with Crippen molar-refractivity contribution < 1.29 is 9.53 Å². The molecule has 0 aliphatic heterocycles. The minimum absolute atomic E-state index is 0.217. The summed E-state index contributed by atoms with van der Waals surface area (Å²) in [4.78, 5) is 35.9. The van der Waals surface area contributed by atoms with Crippen molar-refractivity contribution in [3.63, 3.8) is 0 Å². The average Bonchev–Trinajstić information content (AvgIpc) is 3.07. The predicted octanol–water partition coefficient (Wildman–Crippen LogP) is 4.43. The van der Waals surface area contributed by atoms with Gasteiger partial charge in [-0.2, -0.15) is 0 Å². The van der Waals surface area contributed by atoms with Crippen LogP contribution in [-0.4, -0.2) is 31.1 Å². The van der Waals surface area contributed by atoms with Crippen molar-refractivity contribution >= 4 is 34.2 Å². The molecule has 4 rings (SSSR count). The molecule has 9 heteroatoms. The van der Waals surface area contributed by atoms with E-state index in [1.54, 1.807) is 46.8 Å². The smallest absolute Gasteiger partial charge is 0.276 e.